The van der Waals surface area contributed by atoms with Crippen molar-refractivity contribution < 1.29 is 4.21 Å². The fourth-order valence-electron chi connectivity index (χ4n) is 2.37. The van der Waals surface area contributed by atoms with Crippen LogP contribution in [0.15, 0.2) is 17.0 Å². The topological polar surface area (TPSA) is 29.1 Å². The molecule has 0 saturated carbocycles. The molecule has 1 N–H and O–H groups in total. The summed E-state index contributed by atoms with van der Waals surface area (Å²) in [5.41, 5.74) is 0.894. The van der Waals surface area contributed by atoms with Gasteiger partial charge in [-0.1, -0.05) is 37.0 Å². The molecule has 0 fully saturated rings. The van der Waals surface area contributed by atoms with E-state index in [0.29, 0.717) is 14.9 Å². The van der Waals surface area contributed by atoms with Gasteiger partial charge in [0.15, 0.2) is 0 Å². The number of hydrogen-bond acceptors (Lipinski definition) is 2. The van der Waals surface area contributed by atoms with Crippen LogP contribution in [0.25, 0.3) is 0 Å². The van der Waals surface area contributed by atoms with Crippen molar-refractivity contribution in [2.75, 3.05) is 7.05 Å². The van der Waals surface area contributed by atoms with E-state index in [1.165, 1.54) is 0 Å². The molecule has 0 amide bonds. The highest BCUT2D eigenvalue weighted by Gasteiger charge is 2.38. The maximum absolute atomic E-state index is 12.4. The summed E-state index contributed by atoms with van der Waals surface area (Å²) in [7, 11) is 0.801. The summed E-state index contributed by atoms with van der Waals surface area (Å²) in [4.78, 5) is 0.698. The summed E-state index contributed by atoms with van der Waals surface area (Å²) in [6.07, 6.45) is 0. The average molecular weight is 292 g/mol. The molecule has 1 aliphatic rings. The van der Waals surface area contributed by atoms with Gasteiger partial charge in [0.1, 0.15) is 0 Å². The Morgan fingerprint density at radius 1 is 1.24 bits per heavy atom. The van der Waals surface area contributed by atoms with Crippen molar-refractivity contribution >= 4 is 34.0 Å². The van der Waals surface area contributed by atoms with Gasteiger partial charge in [-0.3, -0.25) is 4.21 Å². The van der Waals surface area contributed by atoms with Crippen LogP contribution in [0.4, 0.5) is 0 Å². The van der Waals surface area contributed by atoms with Crippen LogP contribution < -0.4 is 5.32 Å². The lowest BCUT2D eigenvalue weighted by molar-refractivity contribution is 0.389. The van der Waals surface area contributed by atoms with E-state index >= 15 is 0 Å². The van der Waals surface area contributed by atoms with Crippen molar-refractivity contribution in [2.45, 2.75) is 30.0 Å². The number of benzene rings is 1. The number of hydrogen-bond donors (Lipinski definition) is 1. The quantitative estimate of drug-likeness (QED) is 0.859. The average Bonchev–Trinajstić information content (AvgIpc) is 2.31. The molecule has 0 radical (unpaired) electrons. The van der Waals surface area contributed by atoms with Gasteiger partial charge in [0.25, 0.3) is 0 Å². The fraction of sp³-hybridized carbons (Fsp3) is 0.500. The first-order valence-corrected chi connectivity index (χ1v) is 7.51. The van der Waals surface area contributed by atoms with E-state index in [1.807, 2.05) is 14.0 Å². The first kappa shape index (κ1) is 13.3. The summed E-state index contributed by atoms with van der Waals surface area (Å²) < 4.78 is 12.4. The lowest BCUT2D eigenvalue weighted by Crippen LogP contribution is -2.38. The predicted octanol–water partition coefficient (Wildman–Crippen LogP) is 3.40. The molecule has 2 nitrogen and oxygen atoms in total. The third kappa shape index (κ3) is 2.03. The van der Waals surface area contributed by atoms with Crippen molar-refractivity contribution in [3.8, 4) is 0 Å². The molecule has 0 spiro atoms. The lowest BCUT2D eigenvalue weighted by atomic mass is 9.91. The molecule has 1 aromatic carbocycles. The van der Waals surface area contributed by atoms with Gasteiger partial charge in [-0.25, -0.2) is 0 Å². The molecule has 17 heavy (non-hydrogen) atoms. The number of halogens is 2. The minimum absolute atomic E-state index is 0.0657. The first-order chi connectivity index (χ1) is 7.99. The van der Waals surface area contributed by atoms with Gasteiger partial charge in [0.05, 0.1) is 20.7 Å². The molecule has 4 atom stereocenters. The largest absolute Gasteiger partial charge is 0.313 e. The highest BCUT2D eigenvalue weighted by atomic mass is 35.5. The monoisotopic (exact) mass is 291 g/mol. The summed E-state index contributed by atoms with van der Waals surface area (Å²) >= 11 is 12.4. The van der Waals surface area contributed by atoms with E-state index in [-0.39, 0.29) is 17.2 Å². The molecular weight excluding hydrogens is 277 g/mol. The number of rotatable bonds is 1. The molecule has 1 aliphatic heterocycles. The van der Waals surface area contributed by atoms with Crippen LogP contribution in [0.1, 0.15) is 25.5 Å². The molecule has 0 aliphatic carbocycles. The zero-order valence-electron chi connectivity index (χ0n) is 9.96. The van der Waals surface area contributed by atoms with E-state index in [1.54, 1.807) is 12.1 Å². The van der Waals surface area contributed by atoms with Crippen molar-refractivity contribution in [3.63, 3.8) is 0 Å². The van der Waals surface area contributed by atoms with Crippen molar-refractivity contribution in [3.05, 3.63) is 27.7 Å². The van der Waals surface area contributed by atoms with Crippen LogP contribution in [0.5, 0.6) is 0 Å². The van der Waals surface area contributed by atoms with Gasteiger partial charge in [0.2, 0.25) is 0 Å². The molecule has 0 aromatic heterocycles. The second-order valence-corrected chi connectivity index (χ2v) is 6.96. The standard InChI is InChI=1S/C12H15Cl2NOS/c1-6-7(2)17(16)12-9(14)5-4-8(13)10(12)11(6)15-3/h4-7,11,15H,1-3H3. The van der Waals surface area contributed by atoms with Gasteiger partial charge in [-0.2, -0.15) is 0 Å². The fourth-order valence-corrected chi connectivity index (χ4v) is 4.72. The summed E-state index contributed by atoms with van der Waals surface area (Å²) in [6.45, 7) is 4.08. The second-order valence-electron chi connectivity index (χ2n) is 4.40. The van der Waals surface area contributed by atoms with Gasteiger partial charge >= 0.3 is 0 Å². The lowest BCUT2D eigenvalue weighted by Gasteiger charge is -2.36. The molecule has 5 heteroatoms. The molecule has 2 rings (SSSR count). The Balaban J connectivity index is 2.71. The summed E-state index contributed by atoms with van der Waals surface area (Å²) in [5, 5.41) is 4.50. The van der Waals surface area contributed by atoms with Gasteiger partial charge in [-0.15, -0.1) is 0 Å². The van der Waals surface area contributed by atoms with Crippen LogP contribution in [0.3, 0.4) is 0 Å². The highest BCUT2D eigenvalue weighted by molar-refractivity contribution is 7.86. The van der Waals surface area contributed by atoms with Crippen LogP contribution in [0, 0.1) is 5.92 Å². The maximum atomic E-state index is 12.4. The van der Waals surface area contributed by atoms with Gasteiger partial charge in [0, 0.05) is 21.9 Å². The minimum Gasteiger partial charge on any atom is -0.313 e. The van der Waals surface area contributed by atoms with Crippen molar-refractivity contribution in [1.82, 2.24) is 5.32 Å². The van der Waals surface area contributed by atoms with Crippen LogP contribution in [0.2, 0.25) is 10.0 Å². The summed E-state index contributed by atoms with van der Waals surface area (Å²) in [6, 6.07) is 3.59. The zero-order chi connectivity index (χ0) is 12.7. The summed E-state index contributed by atoms with van der Waals surface area (Å²) in [5.74, 6) is 0.254. The first-order valence-electron chi connectivity index (χ1n) is 5.54. The predicted molar refractivity (Wildman–Crippen MR) is 73.3 cm³/mol. The third-order valence-corrected chi connectivity index (χ3v) is 6.23. The molecule has 1 heterocycles. The molecule has 1 aromatic rings. The molecule has 0 bridgehead atoms. The van der Waals surface area contributed by atoms with E-state index < -0.39 is 10.8 Å². The van der Waals surface area contributed by atoms with Crippen LogP contribution in [-0.2, 0) is 10.8 Å². The molecule has 0 saturated heterocycles. The van der Waals surface area contributed by atoms with Crippen LogP contribution in [-0.4, -0.2) is 16.5 Å². The SMILES string of the molecule is CNC1c2c(Cl)ccc(Cl)c2S(=O)C(C)C1C. The van der Waals surface area contributed by atoms with E-state index in [0.717, 1.165) is 5.56 Å². The van der Waals surface area contributed by atoms with Crippen molar-refractivity contribution in [1.29, 1.82) is 0 Å². The third-order valence-electron chi connectivity index (χ3n) is 3.52. The minimum atomic E-state index is -1.09. The zero-order valence-corrected chi connectivity index (χ0v) is 12.3. The second kappa shape index (κ2) is 4.88. The van der Waals surface area contributed by atoms with E-state index in [9.17, 15) is 4.21 Å². The van der Waals surface area contributed by atoms with E-state index in [4.69, 9.17) is 23.2 Å². The highest BCUT2D eigenvalue weighted by Crippen LogP contribution is 2.44. The van der Waals surface area contributed by atoms with Gasteiger partial charge < -0.3 is 5.32 Å². The van der Waals surface area contributed by atoms with Crippen molar-refractivity contribution in [2.24, 2.45) is 5.92 Å². The Kier molecular flexibility index (Phi) is 3.83. The molecule has 4 unspecified atom stereocenters. The Labute approximate surface area is 114 Å². The number of nitrogens with one attached hydrogen (secondary N) is 1. The normalized spacial score (nSPS) is 32.3. The smallest absolute Gasteiger partial charge is 0.0639 e. The Bertz CT molecular complexity index is 478. The Morgan fingerprint density at radius 2 is 1.82 bits per heavy atom. The van der Waals surface area contributed by atoms with Crippen LogP contribution >= 0.6 is 23.2 Å². The Hall–Kier alpha value is -0.0900. The maximum Gasteiger partial charge on any atom is 0.0639 e. The van der Waals surface area contributed by atoms with Gasteiger partial charge in [-0.05, 0) is 25.1 Å². The molecule has 94 valence electrons. The molecular formula is C12H15Cl2NOS. The van der Waals surface area contributed by atoms with E-state index in [2.05, 4.69) is 12.2 Å². The number of fused-ring (bicyclic) bond motifs is 1. The Morgan fingerprint density at radius 3 is 2.41 bits per heavy atom.